The fraction of sp³-hybridized carbons (Fsp3) is 1.00. The van der Waals surface area contributed by atoms with Gasteiger partial charge < -0.3 is 5.73 Å². The first-order valence-electron chi connectivity index (χ1n) is 4.30. The van der Waals surface area contributed by atoms with Gasteiger partial charge in [0.1, 0.15) is 0 Å². The highest BCUT2D eigenvalue weighted by molar-refractivity contribution is 7.98. The molecular weight excluding hydrogens is 154 g/mol. The maximum absolute atomic E-state index is 6.11. The second-order valence-corrected chi connectivity index (χ2v) is 5.23. The topological polar surface area (TPSA) is 26.0 Å². The highest BCUT2D eigenvalue weighted by atomic mass is 32.2. The Bertz CT molecular complexity index is 133. The van der Waals surface area contributed by atoms with Crippen molar-refractivity contribution in [1.29, 1.82) is 0 Å². The van der Waals surface area contributed by atoms with Crippen LogP contribution >= 0.6 is 11.8 Å². The Morgan fingerprint density at radius 2 is 2.00 bits per heavy atom. The van der Waals surface area contributed by atoms with Gasteiger partial charge in [-0.3, -0.25) is 0 Å². The number of hydrogen-bond donors (Lipinski definition) is 1. The first-order chi connectivity index (χ1) is 5.02. The van der Waals surface area contributed by atoms with Crippen LogP contribution in [0.1, 0.15) is 33.1 Å². The van der Waals surface area contributed by atoms with Gasteiger partial charge in [0.05, 0.1) is 0 Å². The van der Waals surface area contributed by atoms with E-state index in [1.807, 2.05) is 11.8 Å². The summed E-state index contributed by atoms with van der Waals surface area (Å²) in [7, 11) is 0. The van der Waals surface area contributed by atoms with E-state index in [9.17, 15) is 0 Å². The quantitative estimate of drug-likeness (QED) is 0.705. The predicted molar refractivity (Wildman–Crippen MR) is 52.9 cm³/mol. The summed E-state index contributed by atoms with van der Waals surface area (Å²) in [5.74, 6) is 1.26. The van der Waals surface area contributed by atoms with E-state index in [0.717, 1.165) is 0 Å². The minimum atomic E-state index is 0.0444. The molecule has 0 unspecified atom stereocenters. The van der Waals surface area contributed by atoms with Crippen LogP contribution in [0.3, 0.4) is 0 Å². The van der Waals surface area contributed by atoms with E-state index in [2.05, 4.69) is 20.1 Å². The molecule has 0 aromatic rings. The van der Waals surface area contributed by atoms with E-state index in [0.29, 0.717) is 5.41 Å². The van der Waals surface area contributed by atoms with Gasteiger partial charge in [-0.1, -0.05) is 0 Å². The molecule has 1 rings (SSSR count). The van der Waals surface area contributed by atoms with Crippen molar-refractivity contribution in [1.82, 2.24) is 0 Å². The zero-order valence-electron chi connectivity index (χ0n) is 7.81. The van der Waals surface area contributed by atoms with Gasteiger partial charge in [-0.25, -0.2) is 0 Å². The standard InChI is InChI=1S/C9H19NS/c1-8(2,10)9(4-5-9)6-7-11-3/h4-7,10H2,1-3H3. The molecule has 0 aromatic carbocycles. The average Bonchev–Trinajstić information content (AvgIpc) is 2.61. The minimum Gasteiger partial charge on any atom is -0.325 e. The molecule has 0 bridgehead atoms. The Kier molecular flexibility index (Phi) is 2.55. The molecule has 66 valence electrons. The highest BCUT2D eigenvalue weighted by Crippen LogP contribution is 2.55. The lowest BCUT2D eigenvalue weighted by molar-refractivity contribution is 0.288. The van der Waals surface area contributed by atoms with Gasteiger partial charge in [0.25, 0.3) is 0 Å². The van der Waals surface area contributed by atoms with Crippen molar-refractivity contribution in [2.45, 2.75) is 38.6 Å². The van der Waals surface area contributed by atoms with Gasteiger partial charge in [-0.15, -0.1) is 0 Å². The Hall–Kier alpha value is 0.310. The van der Waals surface area contributed by atoms with Crippen molar-refractivity contribution in [3.8, 4) is 0 Å². The number of rotatable bonds is 4. The molecule has 1 aliphatic carbocycles. The lowest BCUT2D eigenvalue weighted by Gasteiger charge is -2.30. The second kappa shape index (κ2) is 2.98. The molecule has 2 N–H and O–H groups in total. The van der Waals surface area contributed by atoms with Gasteiger partial charge in [-0.05, 0) is 50.5 Å². The summed E-state index contributed by atoms with van der Waals surface area (Å²) in [6.45, 7) is 4.33. The molecule has 2 heteroatoms. The number of thioether (sulfide) groups is 1. The Morgan fingerprint density at radius 1 is 1.45 bits per heavy atom. The van der Waals surface area contributed by atoms with Crippen LogP contribution in [0.2, 0.25) is 0 Å². The van der Waals surface area contributed by atoms with Gasteiger partial charge in [0, 0.05) is 5.54 Å². The molecule has 0 amide bonds. The van der Waals surface area contributed by atoms with Crippen LogP contribution in [0.15, 0.2) is 0 Å². The van der Waals surface area contributed by atoms with Crippen molar-refractivity contribution in [3.05, 3.63) is 0 Å². The summed E-state index contributed by atoms with van der Waals surface area (Å²) in [6, 6.07) is 0. The van der Waals surface area contributed by atoms with Gasteiger partial charge >= 0.3 is 0 Å². The largest absolute Gasteiger partial charge is 0.325 e. The number of nitrogens with two attached hydrogens (primary N) is 1. The summed E-state index contributed by atoms with van der Waals surface area (Å²) >= 11 is 1.93. The maximum Gasteiger partial charge on any atom is 0.0154 e. The van der Waals surface area contributed by atoms with Gasteiger partial charge in [0.2, 0.25) is 0 Å². The Balaban J connectivity index is 2.41. The molecule has 0 aromatic heterocycles. The van der Waals surface area contributed by atoms with Crippen LogP contribution < -0.4 is 5.73 Å². The van der Waals surface area contributed by atoms with Crippen LogP contribution in [-0.4, -0.2) is 17.5 Å². The third kappa shape index (κ3) is 1.91. The number of hydrogen-bond acceptors (Lipinski definition) is 2. The zero-order chi connectivity index (χ0) is 8.54. The molecule has 0 spiro atoms. The fourth-order valence-corrected chi connectivity index (χ4v) is 2.26. The van der Waals surface area contributed by atoms with Crippen molar-refractivity contribution in [2.24, 2.45) is 11.1 Å². The Labute approximate surface area is 74.1 Å². The second-order valence-electron chi connectivity index (χ2n) is 4.24. The highest BCUT2D eigenvalue weighted by Gasteiger charge is 2.51. The van der Waals surface area contributed by atoms with E-state index in [1.165, 1.54) is 25.0 Å². The Morgan fingerprint density at radius 3 is 2.27 bits per heavy atom. The smallest absolute Gasteiger partial charge is 0.0154 e. The summed E-state index contributed by atoms with van der Waals surface area (Å²) < 4.78 is 0. The molecule has 11 heavy (non-hydrogen) atoms. The van der Waals surface area contributed by atoms with Crippen molar-refractivity contribution in [2.75, 3.05) is 12.0 Å². The van der Waals surface area contributed by atoms with Crippen molar-refractivity contribution < 1.29 is 0 Å². The van der Waals surface area contributed by atoms with Gasteiger partial charge in [0.15, 0.2) is 0 Å². The first kappa shape index (κ1) is 9.40. The van der Waals surface area contributed by atoms with Crippen LogP contribution in [0.25, 0.3) is 0 Å². The van der Waals surface area contributed by atoms with Crippen molar-refractivity contribution >= 4 is 11.8 Å². The summed E-state index contributed by atoms with van der Waals surface area (Å²) in [5, 5.41) is 0. The summed E-state index contributed by atoms with van der Waals surface area (Å²) in [4.78, 5) is 0. The monoisotopic (exact) mass is 173 g/mol. The molecule has 0 atom stereocenters. The molecule has 0 radical (unpaired) electrons. The lowest BCUT2D eigenvalue weighted by atomic mass is 9.83. The molecule has 1 saturated carbocycles. The normalized spacial score (nSPS) is 21.8. The van der Waals surface area contributed by atoms with Crippen molar-refractivity contribution in [3.63, 3.8) is 0 Å². The van der Waals surface area contributed by atoms with Crippen LogP contribution in [0, 0.1) is 5.41 Å². The summed E-state index contributed by atoms with van der Waals surface area (Å²) in [5.41, 5.74) is 6.65. The molecule has 1 aliphatic rings. The molecule has 0 saturated heterocycles. The van der Waals surface area contributed by atoms with E-state index < -0.39 is 0 Å². The third-order valence-corrected chi connectivity index (χ3v) is 3.62. The zero-order valence-corrected chi connectivity index (χ0v) is 8.63. The van der Waals surface area contributed by atoms with Gasteiger partial charge in [-0.2, -0.15) is 11.8 Å². The van der Waals surface area contributed by atoms with Crippen LogP contribution in [0.4, 0.5) is 0 Å². The molecular formula is C9H19NS. The third-order valence-electron chi connectivity index (χ3n) is 3.01. The molecule has 1 nitrogen and oxygen atoms in total. The fourth-order valence-electron chi connectivity index (χ4n) is 1.66. The van der Waals surface area contributed by atoms with Crippen LogP contribution in [0.5, 0.6) is 0 Å². The predicted octanol–water partition coefficient (Wildman–Crippen LogP) is 2.26. The maximum atomic E-state index is 6.11. The molecule has 1 fully saturated rings. The summed E-state index contributed by atoms with van der Waals surface area (Å²) in [6.07, 6.45) is 6.16. The lowest BCUT2D eigenvalue weighted by Crippen LogP contribution is -2.42. The van der Waals surface area contributed by atoms with E-state index in [4.69, 9.17) is 5.73 Å². The molecule has 0 heterocycles. The first-order valence-corrected chi connectivity index (χ1v) is 5.69. The van der Waals surface area contributed by atoms with E-state index >= 15 is 0 Å². The van der Waals surface area contributed by atoms with Crippen LogP contribution in [-0.2, 0) is 0 Å². The van der Waals surface area contributed by atoms with E-state index in [-0.39, 0.29) is 5.54 Å². The SMILES string of the molecule is CSCCC1(C(C)(C)N)CC1. The average molecular weight is 173 g/mol. The minimum absolute atomic E-state index is 0.0444. The molecule has 0 aliphatic heterocycles. The van der Waals surface area contributed by atoms with E-state index in [1.54, 1.807) is 0 Å².